The van der Waals surface area contributed by atoms with Crippen LogP contribution in [0.25, 0.3) is 11.5 Å². The molecule has 4 heterocycles. The third kappa shape index (κ3) is 7.66. The van der Waals surface area contributed by atoms with E-state index in [1.165, 1.54) is 29.2 Å². The number of amides is 2. The minimum absolute atomic E-state index is 0.0690. The minimum atomic E-state index is -1.97. The number of hydrogen-bond donors (Lipinski definition) is 1. The van der Waals surface area contributed by atoms with Gasteiger partial charge in [-0.15, -0.1) is 5.10 Å². The molecule has 4 aromatic rings. The number of ether oxygens (including phenoxy) is 1. The topological polar surface area (TPSA) is 180 Å². The maximum Gasteiger partial charge on any atom is 0.415 e. The summed E-state index contributed by atoms with van der Waals surface area (Å²) in [6.07, 6.45) is 1.56. The van der Waals surface area contributed by atoms with E-state index in [2.05, 4.69) is 64.7 Å². The number of non-ortho nitro benzene ring substituents is 1. The van der Waals surface area contributed by atoms with Gasteiger partial charge >= 0.3 is 6.09 Å². The molecule has 16 heteroatoms. The molecule has 1 N–H and O–H groups in total. The average molecular weight is 660 g/mol. The molecule has 0 spiro atoms. The third-order valence-electron chi connectivity index (χ3n) is 8.46. The van der Waals surface area contributed by atoms with Crippen LogP contribution in [0.2, 0.25) is 18.1 Å². The van der Waals surface area contributed by atoms with E-state index in [1.807, 2.05) is 6.92 Å². The van der Waals surface area contributed by atoms with Crippen molar-refractivity contribution >= 4 is 31.8 Å². The zero-order chi connectivity index (χ0) is 33.9. The zero-order valence-electron chi connectivity index (χ0n) is 27.1. The molecule has 0 aliphatic carbocycles. The first-order valence-corrected chi connectivity index (χ1v) is 18.0. The second-order valence-electron chi connectivity index (χ2n) is 12.9. The Balaban J connectivity index is 1.24. The molecule has 0 bridgehead atoms. The highest BCUT2D eigenvalue weighted by Gasteiger charge is 2.37. The highest BCUT2D eigenvalue weighted by atomic mass is 28.4. The minimum Gasteiger partial charge on any atom is -0.415 e. The standard InChI is InChI=1S/C31H37N9O6Si/c1-20(19-45-47(5,6)31(2,3)4)39-28(35-36-37-39)25-8-7-9-27(33-25)34-29(41)26-16-22-18-38(15-14-21(22)17-32-26)30(42)46-24-12-10-23(11-13-24)40(43)44/h7-13,16-17,20H,14-15,18-19H2,1-6H3,(H,33,34,41)/t20-/m1/s1. The monoisotopic (exact) mass is 659 g/mol. The molecule has 1 atom stereocenters. The summed E-state index contributed by atoms with van der Waals surface area (Å²) in [5.74, 6) is 0.456. The van der Waals surface area contributed by atoms with Gasteiger partial charge in [-0.3, -0.25) is 19.9 Å². The molecule has 0 saturated carbocycles. The Kier molecular flexibility index (Phi) is 9.44. The summed E-state index contributed by atoms with van der Waals surface area (Å²) in [6, 6.07) is 11.9. The van der Waals surface area contributed by atoms with Crippen LogP contribution in [0.1, 0.15) is 55.4 Å². The summed E-state index contributed by atoms with van der Waals surface area (Å²) >= 11 is 0. The van der Waals surface area contributed by atoms with Gasteiger partial charge in [0.1, 0.15) is 23.0 Å². The SMILES string of the molecule is C[C@H](CO[Si](C)(C)C(C)(C)C)n1nnnc1-c1cccc(NC(=O)c2cc3c(cn2)CCN(C(=O)Oc2ccc([N+](=O)[O-])cc2)C3)n1. The number of nitrogens with zero attached hydrogens (tertiary/aromatic N) is 8. The van der Waals surface area contributed by atoms with Gasteiger partial charge in [0.15, 0.2) is 8.32 Å². The fourth-order valence-corrected chi connectivity index (χ4v) is 5.69. The van der Waals surface area contributed by atoms with Crippen LogP contribution < -0.4 is 10.1 Å². The number of pyridine rings is 2. The fraction of sp³-hybridized carbons (Fsp3) is 0.387. The number of nitro groups is 1. The molecule has 3 aromatic heterocycles. The first-order valence-electron chi connectivity index (χ1n) is 15.1. The first-order chi connectivity index (χ1) is 22.2. The Morgan fingerprint density at radius 1 is 1.13 bits per heavy atom. The molecule has 1 aromatic carbocycles. The lowest BCUT2D eigenvalue weighted by Crippen LogP contribution is -2.42. The Bertz CT molecular complexity index is 1790. The maximum atomic E-state index is 13.2. The predicted molar refractivity (Wildman–Crippen MR) is 174 cm³/mol. The number of nitro benzene ring substituents is 1. The Morgan fingerprint density at radius 3 is 2.57 bits per heavy atom. The van der Waals surface area contributed by atoms with Gasteiger partial charge < -0.3 is 19.4 Å². The smallest absolute Gasteiger partial charge is 0.415 e. The van der Waals surface area contributed by atoms with Crippen molar-refractivity contribution in [3.63, 3.8) is 0 Å². The number of carbonyl (C=O) groups excluding carboxylic acids is 2. The maximum absolute atomic E-state index is 13.2. The van der Waals surface area contributed by atoms with Crippen molar-refractivity contribution < 1.29 is 23.7 Å². The number of anilines is 1. The summed E-state index contributed by atoms with van der Waals surface area (Å²) in [4.78, 5) is 46.8. The Labute approximate surface area is 272 Å². The Morgan fingerprint density at radius 2 is 1.87 bits per heavy atom. The van der Waals surface area contributed by atoms with Gasteiger partial charge in [-0.05, 0) is 83.4 Å². The molecule has 246 valence electrons. The molecular weight excluding hydrogens is 622 g/mol. The highest BCUT2D eigenvalue weighted by molar-refractivity contribution is 6.74. The van der Waals surface area contributed by atoms with Gasteiger partial charge in [0.05, 0.1) is 17.6 Å². The van der Waals surface area contributed by atoms with Crippen LogP contribution in [0.15, 0.2) is 54.7 Å². The number of carbonyl (C=O) groups is 2. The molecule has 15 nitrogen and oxygen atoms in total. The van der Waals surface area contributed by atoms with Crippen molar-refractivity contribution in [2.24, 2.45) is 0 Å². The molecule has 47 heavy (non-hydrogen) atoms. The van der Waals surface area contributed by atoms with Gasteiger partial charge in [-0.2, -0.15) is 0 Å². The van der Waals surface area contributed by atoms with Crippen LogP contribution in [-0.4, -0.2) is 73.5 Å². The highest BCUT2D eigenvalue weighted by Crippen LogP contribution is 2.37. The summed E-state index contributed by atoms with van der Waals surface area (Å²) in [7, 11) is -1.97. The molecule has 0 unspecified atom stereocenters. The summed E-state index contributed by atoms with van der Waals surface area (Å²) in [6.45, 7) is 14.0. The molecule has 1 aliphatic heterocycles. The molecule has 2 amide bonds. The van der Waals surface area contributed by atoms with E-state index in [-0.39, 0.29) is 34.8 Å². The van der Waals surface area contributed by atoms with E-state index in [0.29, 0.717) is 36.9 Å². The van der Waals surface area contributed by atoms with Gasteiger partial charge in [0.25, 0.3) is 11.6 Å². The molecule has 0 fully saturated rings. The van der Waals surface area contributed by atoms with E-state index < -0.39 is 25.2 Å². The van der Waals surface area contributed by atoms with Gasteiger partial charge in [-0.1, -0.05) is 26.8 Å². The van der Waals surface area contributed by atoms with Crippen LogP contribution >= 0.6 is 0 Å². The Hall–Kier alpha value is -5.09. The van der Waals surface area contributed by atoms with Crippen molar-refractivity contribution in [2.45, 2.75) is 64.8 Å². The van der Waals surface area contributed by atoms with E-state index in [0.717, 1.165) is 11.1 Å². The number of hydrogen-bond acceptors (Lipinski definition) is 11. The zero-order valence-corrected chi connectivity index (χ0v) is 28.1. The van der Waals surface area contributed by atoms with Gasteiger partial charge in [0.2, 0.25) is 5.82 Å². The summed E-state index contributed by atoms with van der Waals surface area (Å²) < 4.78 is 13.5. The molecule has 0 radical (unpaired) electrons. The van der Waals surface area contributed by atoms with Crippen LogP contribution in [0, 0.1) is 10.1 Å². The number of aromatic nitrogens is 6. The second kappa shape index (κ2) is 13.3. The van der Waals surface area contributed by atoms with E-state index in [1.54, 1.807) is 35.1 Å². The van der Waals surface area contributed by atoms with E-state index in [4.69, 9.17) is 9.16 Å². The van der Waals surface area contributed by atoms with Crippen molar-refractivity contribution in [3.8, 4) is 17.3 Å². The normalized spacial score (nSPS) is 13.9. The van der Waals surface area contributed by atoms with E-state index in [9.17, 15) is 19.7 Å². The number of rotatable bonds is 9. The number of benzene rings is 1. The van der Waals surface area contributed by atoms with Crippen LogP contribution in [-0.2, 0) is 17.4 Å². The predicted octanol–water partition coefficient (Wildman–Crippen LogP) is 5.43. The van der Waals surface area contributed by atoms with E-state index >= 15 is 0 Å². The van der Waals surface area contributed by atoms with Crippen molar-refractivity contribution in [2.75, 3.05) is 18.5 Å². The van der Waals surface area contributed by atoms with Crippen molar-refractivity contribution in [1.82, 2.24) is 35.1 Å². The van der Waals surface area contributed by atoms with Crippen LogP contribution in [0.3, 0.4) is 0 Å². The largest absolute Gasteiger partial charge is 0.415 e. The second-order valence-corrected chi connectivity index (χ2v) is 17.7. The lowest BCUT2D eigenvalue weighted by molar-refractivity contribution is -0.384. The van der Waals surface area contributed by atoms with Gasteiger partial charge in [0, 0.05) is 31.4 Å². The quantitative estimate of drug-likeness (QED) is 0.137. The molecule has 0 saturated heterocycles. The first kappa shape index (κ1) is 33.3. The molecule has 5 rings (SSSR count). The third-order valence-corrected chi connectivity index (χ3v) is 13.0. The molecular formula is C31H37N9O6Si. The number of fused-ring (bicyclic) bond motifs is 1. The van der Waals surface area contributed by atoms with Crippen molar-refractivity contribution in [3.05, 3.63) is 81.7 Å². The van der Waals surface area contributed by atoms with Crippen LogP contribution in [0.4, 0.5) is 16.3 Å². The van der Waals surface area contributed by atoms with Crippen LogP contribution in [0.5, 0.6) is 5.75 Å². The fourth-order valence-electron chi connectivity index (χ4n) is 4.60. The van der Waals surface area contributed by atoms with Crippen molar-refractivity contribution in [1.29, 1.82) is 0 Å². The summed E-state index contributed by atoms with van der Waals surface area (Å²) in [5, 5.41) is 26.0. The average Bonchev–Trinajstić information content (AvgIpc) is 3.53. The lowest BCUT2D eigenvalue weighted by atomic mass is 10.0. The summed E-state index contributed by atoms with van der Waals surface area (Å²) in [5.41, 5.74) is 2.20. The number of nitrogens with one attached hydrogen (secondary N) is 1. The molecule has 1 aliphatic rings. The lowest BCUT2D eigenvalue weighted by Gasteiger charge is -2.36. The number of tetrazole rings is 1. The van der Waals surface area contributed by atoms with Gasteiger partial charge in [-0.25, -0.2) is 14.5 Å².